The van der Waals surface area contributed by atoms with Crippen molar-refractivity contribution in [1.82, 2.24) is 15.0 Å². The van der Waals surface area contributed by atoms with Crippen LogP contribution in [0.5, 0.6) is 23.0 Å². The average Bonchev–Trinajstić information content (AvgIpc) is 2.67. The van der Waals surface area contributed by atoms with Crippen LogP contribution in [-0.4, -0.2) is 35.4 Å². The van der Waals surface area contributed by atoms with Crippen molar-refractivity contribution in [3.63, 3.8) is 0 Å². The third-order valence-corrected chi connectivity index (χ3v) is 4.38. The fourth-order valence-corrected chi connectivity index (χ4v) is 2.92. The largest absolute Gasteiger partial charge is 0.508 e. The number of phenolic OH excluding ortho intramolecular Hbond substituents is 4. The van der Waals surface area contributed by atoms with Gasteiger partial charge in [-0.3, -0.25) is 0 Å². The van der Waals surface area contributed by atoms with Crippen LogP contribution in [0.4, 0.5) is 11.4 Å². The molecule has 9 heteroatoms. The fraction of sp³-hybridized carbons (Fsp3) is 0. The SMILES string of the molecule is Nc1ccc(-c2nc(-c3ccc(N)cc3O)nc(-c3ccc(O)cc3O)n2)c(O)c1. The van der Waals surface area contributed by atoms with E-state index in [2.05, 4.69) is 15.0 Å². The highest BCUT2D eigenvalue weighted by Gasteiger charge is 2.18. The molecule has 0 radical (unpaired) electrons. The van der Waals surface area contributed by atoms with E-state index in [1.165, 1.54) is 24.3 Å². The maximum atomic E-state index is 10.3. The Bertz CT molecular complexity index is 1110. The molecule has 0 saturated carbocycles. The zero-order valence-electron chi connectivity index (χ0n) is 15.5. The number of nitrogen functional groups attached to an aromatic ring is 2. The first kappa shape index (κ1) is 18.8. The van der Waals surface area contributed by atoms with Gasteiger partial charge >= 0.3 is 0 Å². The molecule has 0 atom stereocenters. The zero-order chi connectivity index (χ0) is 21.4. The number of hydrogen-bond acceptors (Lipinski definition) is 9. The van der Waals surface area contributed by atoms with Crippen LogP contribution >= 0.6 is 0 Å². The van der Waals surface area contributed by atoms with Gasteiger partial charge in [-0.25, -0.2) is 15.0 Å². The van der Waals surface area contributed by atoms with Crippen molar-refractivity contribution in [1.29, 1.82) is 0 Å². The standard InChI is InChI=1S/C21H17N5O4/c22-10-1-4-13(16(28)7-10)19-24-20(14-5-2-11(23)8-17(14)29)26-21(25-19)15-6-3-12(27)9-18(15)30/h1-9,27-30H,22-23H2. The summed E-state index contributed by atoms with van der Waals surface area (Å²) >= 11 is 0. The number of hydrogen-bond donors (Lipinski definition) is 6. The van der Waals surface area contributed by atoms with Crippen molar-refractivity contribution in [2.75, 3.05) is 11.5 Å². The van der Waals surface area contributed by atoms with Crippen LogP contribution in [-0.2, 0) is 0 Å². The first-order chi connectivity index (χ1) is 14.3. The van der Waals surface area contributed by atoms with E-state index < -0.39 is 0 Å². The minimum Gasteiger partial charge on any atom is -0.508 e. The molecule has 0 bridgehead atoms. The van der Waals surface area contributed by atoms with Crippen LogP contribution in [0.3, 0.4) is 0 Å². The summed E-state index contributed by atoms with van der Waals surface area (Å²) in [5.74, 6) is -0.407. The van der Waals surface area contributed by atoms with Crippen molar-refractivity contribution in [2.24, 2.45) is 0 Å². The van der Waals surface area contributed by atoms with Crippen molar-refractivity contribution in [2.45, 2.75) is 0 Å². The highest BCUT2D eigenvalue weighted by atomic mass is 16.3. The Morgan fingerprint density at radius 3 is 1.23 bits per heavy atom. The number of nitrogens with zero attached hydrogens (tertiary/aromatic N) is 3. The number of nitrogens with two attached hydrogens (primary N) is 2. The Labute approximate surface area is 170 Å². The molecule has 0 aliphatic carbocycles. The molecule has 8 N–H and O–H groups in total. The molecule has 4 aromatic rings. The highest BCUT2D eigenvalue weighted by molar-refractivity contribution is 5.75. The van der Waals surface area contributed by atoms with Crippen LogP contribution in [0.15, 0.2) is 54.6 Å². The Balaban J connectivity index is 1.98. The topological polar surface area (TPSA) is 172 Å². The average molecular weight is 403 g/mol. The van der Waals surface area contributed by atoms with E-state index in [4.69, 9.17) is 11.5 Å². The molecule has 0 saturated heterocycles. The van der Waals surface area contributed by atoms with Gasteiger partial charge < -0.3 is 31.9 Å². The number of aromatic hydroxyl groups is 4. The van der Waals surface area contributed by atoms with Crippen molar-refractivity contribution >= 4 is 11.4 Å². The minimum absolute atomic E-state index is 0.0694. The van der Waals surface area contributed by atoms with E-state index in [0.717, 1.165) is 6.07 Å². The summed E-state index contributed by atoms with van der Waals surface area (Å²) in [7, 11) is 0. The summed E-state index contributed by atoms with van der Waals surface area (Å²) in [4.78, 5) is 13.1. The lowest BCUT2D eigenvalue weighted by molar-refractivity contribution is 0.451. The minimum atomic E-state index is -0.249. The summed E-state index contributed by atoms with van der Waals surface area (Å²) in [5, 5.41) is 40.5. The molecule has 4 rings (SSSR count). The van der Waals surface area contributed by atoms with Crippen LogP contribution in [0, 0.1) is 0 Å². The molecule has 0 aliphatic rings. The number of phenols is 4. The summed E-state index contributed by atoms with van der Waals surface area (Å²) < 4.78 is 0. The molecule has 30 heavy (non-hydrogen) atoms. The smallest absolute Gasteiger partial charge is 0.167 e. The Kier molecular flexibility index (Phi) is 4.47. The lowest BCUT2D eigenvalue weighted by atomic mass is 10.1. The predicted molar refractivity (Wildman–Crippen MR) is 112 cm³/mol. The summed E-state index contributed by atoms with van der Waals surface area (Å²) in [6, 6.07) is 12.9. The second-order valence-electron chi connectivity index (χ2n) is 6.56. The molecular formula is C21H17N5O4. The lowest BCUT2D eigenvalue weighted by Crippen LogP contribution is -2.01. The molecule has 0 aliphatic heterocycles. The second-order valence-corrected chi connectivity index (χ2v) is 6.56. The maximum absolute atomic E-state index is 10.3. The fourth-order valence-electron chi connectivity index (χ4n) is 2.92. The quantitative estimate of drug-likeness (QED) is 0.281. The number of anilines is 2. The summed E-state index contributed by atoms with van der Waals surface area (Å²) in [6.07, 6.45) is 0. The van der Waals surface area contributed by atoms with Gasteiger partial charge in [0.25, 0.3) is 0 Å². The number of rotatable bonds is 3. The van der Waals surface area contributed by atoms with Gasteiger partial charge in [0.05, 0.1) is 16.7 Å². The molecule has 1 aromatic heterocycles. The highest BCUT2D eigenvalue weighted by Crippen LogP contribution is 2.36. The van der Waals surface area contributed by atoms with Gasteiger partial charge in [0.15, 0.2) is 17.5 Å². The van der Waals surface area contributed by atoms with Crippen LogP contribution in [0.2, 0.25) is 0 Å². The van der Waals surface area contributed by atoms with Gasteiger partial charge in [0, 0.05) is 29.6 Å². The van der Waals surface area contributed by atoms with E-state index in [-0.39, 0.29) is 57.2 Å². The molecular weight excluding hydrogens is 386 g/mol. The normalized spacial score (nSPS) is 10.8. The zero-order valence-corrected chi connectivity index (χ0v) is 15.5. The molecule has 0 spiro atoms. The van der Waals surface area contributed by atoms with Gasteiger partial charge in [-0.2, -0.15) is 0 Å². The molecule has 150 valence electrons. The lowest BCUT2D eigenvalue weighted by Gasteiger charge is -2.11. The first-order valence-electron chi connectivity index (χ1n) is 8.78. The second kappa shape index (κ2) is 7.13. The van der Waals surface area contributed by atoms with E-state index in [1.54, 1.807) is 24.3 Å². The number of benzene rings is 3. The van der Waals surface area contributed by atoms with Crippen LogP contribution in [0.25, 0.3) is 34.2 Å². The van der Waals surface area contributed by atoms with Gasteiger partial charge in [-0.15, -0.1) is 0 Å². The monoisotopic (exact) mass is 403 g/mol. The first-order valence-corrected chi connectivity index (χ1v) is 8.78. The Morgan fingerprint density at radius 1 is 0.500 bits per heavy atom. The van der Waals surface area contributed by atoms with Crippen molar-refractivity contribution in [3.05, 3.63) is 54.6 Å². The molecule has 9 nitrogen and oxygen atoms in total. The molecule has 0 fully saturated rings. The van der Waals surface area contributed by atoms with Crippen LogP contribution < -0.4 is 11.5 Å². The Morgan fingerprint density at radius 2 is 0.867 bits per heavy atom. The van der Waals surface area contributed by atoms with Gasteiger partial charge in [-0.1, -0.05) is 0 Å². The molecule has 0 unspecified atom stereocenters. The third-order valence-electron chi connectivity index (χ3n) is 4.38. The van der Waals surface area contributed by atoms with Crippen molar-refractivity contribution in [3.8, 4) is 57.2 Å². The van der Waals surface area contributed by atoms with Gasteiger partial charge in [0.2, 0.25) is 0 Å². The third kappa shape index (κ3) is 3.47. The van der Waals surface area contributed by atoms with Gasteiger partial charge in [-0.05, 0) is 36.4 Å². The maximum Gasteiger partial charge on any atom is 0.167 e. The van der Waals surface area contributed by atoms with E-state index in [0.29, 0.717) is 11.4 Å². The summed E-state index contributed by atoms with van der Waals surface area (Å²) in [6.45, 7) is 0. The number of aromatic nitrogens is 3. The summed E-state index contributed by atoms with van der Waals surface area (Å²) in [5.41, 5.74) is 12.9. The molecule has 1 heterocycles. The van der Waals surface area contributed by atoms with E-state index in [9.17, 15) is 20.4 Å². The van der Waals surface area contributed by atoms with E-state index >= 15 is 0 Å². The molecule has 0 amide bonds. The van der Waals surface area contributed by atoms with Crippen molar-refractivity contribution < 1.29 is 20.4 Å². The van der Waals surface area contributed by atoms with Crippen LogP contribution in [0.1, 0.15) is 0 Å². The van der Waals surface area contributed by atoms with Gasteiger partial charge in [0.1, 0.15) is 23.0 Å². The predicted octanol–water partition coefficient (Wildman–Crippen LogP) is 2.86. The van der Waals surface area contributed by atoms with E-state index in [1.807, 2.05) is 0 Å². The molecule has 3 aromatic carbocycles. The Hall–Kier alpha value is -4.53.